The third-order valence-electron chi connectivity index (χ3n) is 6.33. The first-order valence-corrected chi connectivity index (χ1v) is 14.7. The standard InChI is InChI=1S/C10H11NO4.C10H9NO3.C9H10O3.C7H8.H/c11-10(14)15-8(9(12)13)6-7-4-2-1-3-5-7;12-9-8(14-10(13)11-9)6-7-4-2-1-3-5-7;10-8(9(11)12)6-7-4-2-1-3-5-7;1-7-5-3-2-4-6-7;/h1-5,8H,6H2,(H2,11,14)(H,12,13);1-5,8H,6H2,(H,11,12,13);1-5,8,10H,6H2,(H,11,12);2-6H,1H3;/q;;;;-1/t8-;;8-;;/m1.1../s1/i;;;;1+1. The maximum Gasteiger partial charge on any atom is 0.414 e. The van der Waals surface area contributed by atoms with Gasteiger partial charge in [0.25, 0.3) is 5.91 Å². The van der Waals surface area contributed by atoms with Crippen molar-refractivity contribution in [1.82, 2.24) is 5.32 Å². The van der Waals surface area contributed by atoms with E-state index in [4.69, 9.17) is 25.8 Å². The van der Waals surface area contributed by atoms with Gasteiger partial charge in [0.2, 0.25) is 6.10 Å². The zero-order valence-electron chi connectivity index (χ0n) is 27.2. The summed E-state index contributed by atoms with van der Waals surface area (Å²) in [6.45, 7) is 2.08. The molecule has 3 atom stereocenters. The molecule has 254 valence electrons. The van der Waals surface area contributed by atoms with E-state index in [1.807, 2.05) is 72.8 Å². The molecule has 0 saturated carbocycles. The number of carboxylic acids is 2. The van der Waals surface area contributed by atoms with Crippen molar-refractivity contribution in [2.24, 2.45) is 5.73 Å². The highest BCUT2D eigenvalue weighted by Gasteiger charge is 2.31. The largest absolute Gasteiger partial charge is 1.00 e. The zero-order valence-corrected chi connectivity index (χ0v) is 26.2. The number of alkyl carbamates (subject to hydrolysis) is 1. The molecule has 6 N–H and O–H groups in total. The molecule has 12 nitrogen and oxygen atoms in total. The van der Waals surface area contributed by atoms with Crippen molar-refractivity contribution in [2.75, 3.05) is 0 Å². The molecule has 0 radical (unpaired) electrons. The van der Waals surface area contributed by atoms with Gasteiger partial charge in [0.1, 0.15) is 0 Å². The van der Waals surface area contributed by atoms with Crippen LogP contribution in [-0.2, 0) is 43.1 Å². The minimum atomic E-state index is -1.30. The zero-order chi connectivity index (χ0) is 35.3. The lowest BCUT2D eigenvalue weighted by Gasteiger charge is -2.11. The van der Waals surface area contributed by atoms with E-state index in [0.717, 1.165) is 16.7 Å². The van der Waals surface area contributed by atoms with E-state index in [2.05, 4.69) is 29.1 Å². The predicted molar refractivity (Wildman–Crippen MR) is 177 cm³/mol. The summed E-state index contributed by atoms with van der Waals surface area (Å²) in [4.78, 5) is 53.2. The predicted octanol–water partition coefficient (Wildman–Crippen LogP) is 4.42. The molecule has 0 aromatic heterocycles. The quantitative estimate of drug-likeness (QED) is 0.171. The molecule has 0 bridgehead atoms. The molecule has 1 aliphatic rings. The van der Waals surface area contributed by atoms with Crippen LogP contribution in [0.1, 0.15) is 23.7 Å². The molecule has 4 aromatic rings. The molecule has 1 aliphatic heterocycles. The molecule has 5 rings (SSSR count). The number of ether oxygens (including phenoxy) is 2. The van der Waals surface area contributed by atoms with Crippen LogP contribution in [-0.4, -0.2) is 63.7 Å². The first kappa shape index (κ1) is 38.2. The lowest BCUT2D eigenvalue weighted by molar-refractivity contribution is -0.147. The Bertz CT molecular complexity index is 1580. The van der Waals surface area contributed by atoms with E-state index < -0.39 is 42.4 Å². The molecule has 48 heavy (non-hydrogen) atoms. The average Bonchev–Trinajstić information content (AvgIpc) is 3.38. The number of carboxylic acid groups (broad SMARTS) is 2. The van der Waals surface area contributed by atoms with Crippen molar-refractivity contribution in [1.29, 1.82) is 0 Å². The van der Waals surface area contributed by atoms with Gasteiger partial charge in [-0.3, -0.25) is 10.1 Å². The van der Waals surface area contributed by atoms with Gasteiger partial charge in [0, 0.05) is 19.3 Å². The summed E-state index contributed by atoms with van der Waals surface area (Å²) in [5, 5.41) is 28.2. The smallest absolute Gasteiger partial charge is 0.414 e. The number of amides is 3. The van der Waals surface area contributed by atoms with Gasteiger partial charge in [0.05, 0.1) is 0 Å². The molecule has 4 aromatic carbocycles. The Kier molecular flexibility index (Phi) is 16.6. The number of aryl methyl sites for hydroxylation is 1. The van der Waals surface area contributed by atoms with E-state index in [9.17, 15) is 24.0 Å². The fourth-order valence-electron chi connectivity index (χ4n) is 3.96. The second-order valence-corrected chi connectivity index (χ2v) is 10.2. The number of nitrogens with two attached hydrogens (primary N) is 1. The molecular formula is C36H39N2O10-. The summed E-state index contributed by atoms with van der Waals surface area (Å²) in [6.07, 6.45) is -4.25. The molecule has 1 unspecified atom stereocenters. The van der Waals surface area contributed by atoms with Gasteiger partial charge in [-0.25, -0.2) is 19.2 Å². The second kappa shape index (κ2) is 20.9. The number of benzene rings is 4. The number of cyclic esters (lactones) is 1. The number of aliphatic hydroxyl groups is 1. The summed E-state index contributed by atoms with van der Waals surface area (Å²) in [5.41, 5.74) is 8.65. The molecule has 1 fully saturated rings. The average molecular weight is 661 g/mol. The Hall–Kier alpha value is -6.01. The van der Waals surface area contributed by atoms with Crippen LogP contribution in [0.4, 0.5) is 9.59 Å². The van der Waals surface area contributed by atoms with Gasteiger partial charge in [-0.2, -0.15) is 0 Å². The number of imide groups is 1. The number of hydrogen-bond acceptors (Lipinski definition) is 8. The summed E-state index contributed by atoms with van der Waals surface area (Å²) in [5.74, 6) is -2.75. The Morgan fingerprint density at radius 2 is 1.19 bits per heavy atom. The second-order valence-electron chi connectivity index (χ2n) is 10.2. The van der Waals surface area contributed by atoms with Crippen LogP contribution in [0.3, 0.4) is 0 Å². The van der Waals surface area contributed by atoms with Crippen molar-refractivity contribution in [3.05, 3.63) is 144 Å². The molecule has 3 amide bonds. The fourth-order valence-corrected chi connectivity index (χ4v) is 3.96. The number of carbonyl (C=O) groups is 5. The molecule has 1 saturated heterocycles. The van der Waals surface area contributed by atoms with E-state index in [-0.39, 0.29) is 20.2 Å². The number of primary amides is 1. The van der Waals surface area contributed by atoms with Crippen LogP contribution in [0.5, 0.6) is 0 Å². The van der Waals surface area contributed by atoms with Crippen molar-refractivity contribution >= 4 is 30.0 Å². The first-order valence-electron chi connectivity index (χ1n) is 14.7. The molecular weight excluding hydrogens is 620 g/mol. The van der Waals surface area contributed by atoms with Crippen LogP contribution in [0, 0.1) is 6.92 Å². The number of rotatable bonds is 9. The highest BCUT2D eigenvalue weighted by Crippen LogP contribution is 2.10. The summed E-state index contributed by atoms with van der Waals surface area (Å²) < 4.78 is 9.23. The lowest BCUT2D eigenvalue weighted by Crippen LogP contribution is -2.31. The Balaban J connectivity index is 0.000000333. The monoisotopic (exact) mass is 660 g/mol. The molecule has 1 heterocycles. The minimum Gasteiger partial charge on any atom is -1.00 e. The number of aliphatic carboxylic acids is 2. The fraction of sp³-hybridized carbons (Fsp3) is 0.194. The third-order valence-corrected chi connectivity index (χ3v) is 6.33. The van der Waals surface area contributed by atoms with E-state index in [1.54, 1.807) is 36.4 Å². The summed E-state index contributed by atoms with van der Waals surface area (Å²) in [7, 11) is 0. The van der Waals surface area contributed by atoms with Crippen LogP contribution in [0.2, 0.25) is 0 Å². The highest BCUT2D eigenvalue weighted by atomic mass is 16.6. The van der Waals surface area contributed by atoms with E-state index in [1.165, 1.54) is 5.56 Å². The number of carbonyl (C=O) groups excluding carboxylic acids is 3. The summed E-state index contributed by atoms with van der Waals surface area (Å²) >= 11 is 0. The minimum absolute atomic E-state index is 0. The van der Waals surface area contributed by atoms with Gasteiger partial charge in [0.15, 0.2) is 12.2 Å². The van der Waals surface area contributed by atoms with Gasteiger partial charge in [-0.1, -0.05) is 127 Å². The van der Waals surface area contributed by atoms with Gasteiger partial charge >= 0.3 is 24.1 Å². The van der Waals surface area contributed by atoms with Crippen molar-refractivity contribution in [3.63, 3.8) is 0 Å². The van der Waals surface area contributed by atoms with E-state index in [0.29, 0.717) is 6.42 Å². The third kappa shape index (κ3) is 15.8. The number of aliphatic hydroxyl groups excluding tert-OH is 1. The van der Waals surface area contributed by atoms with Crippen molar-refractivity contribution < 1.29 is 50.2 Å². The molecule has 0 aliphatic carbocycles. The molecule has 12 heteroatoms. The maximum atomic E-state index is 11.1. The van der Waals surface area contributed by atoms with E-state index >= 15 is 0 Å². The maximum absolute atomic E-state index is 11.1. The Morgan fingerprint density at radius 1 is 0.750 bits per heavy atom. The lowest BCUT2D eigenvalue weighted by atomic mass is 10.1. The van der Waals surface area contributed by atoms with Crippen LogP contribution >= 0.6 is 0 Å². The van der Waals surface area contributed by atoms with Crippen LogP contribution in [0.25, 0.3) is 0 Å². The first-order chi connectivity index (χ1) is 22.9. The van der Waals surface area contributed by atoms with Crippen LogP contribution in [0.15, 0.2) is 121 Å². The highest BCUT2D eigenvalue weighted by molar-refractivity contribution is 6.00. The number of nitrogens with one attached hydrogen (secondary N) is 1. The Labute approximate surface area is 279 Å². The normalized spacial score (nSPS) is 14.0. The van der Waals surface area contributed by atoms with Gasteiger partial charge < -0.3 is 32.0 Å². The summed E-state index contributed by atoms with van der Waals surface area (Å²) in [6, 6.07) is 37.6. The SMILES string of the molecule is Cc1ccccc1.NC(=O)O[C@H](Cc1ccccc1)C(=O)O.O=C(O)[C@H](O)Cc1ccccc1.O=C1NC(=O)C(Cc2ccccc2)O1.[2H-]. The van der Waals surface area contributed by atoms with Gasteiger partial charge in [-0.05, 0) is 23.6 Å². The number of hydrogen-bond donors (Lipinski definition) is 5. The molecule has 0 spiro atoms. The van der Waals surface area contributed by atoms with Crippen molar-refractivity contribution in [2.45, 2.75) is 44.5 Å². The van der Waals surface area contributed by atoms with Gasteiger partial charge in [-0.15, -0.1) is 0 Å². The Morgan fingerprint density at radius 3 is 1.54 bits per heavy atom. The van der Waals surface area contributed by atoms with Crippen LogP contribution < -0.4 is 11.1 Å². The van der Waals surface area contributed by atoms with Crippen molar-refractivity contribution in [3.8, 4) is 0 Å². The topological polar surface area (TPSA) is 203 Å².